The van der Waals surface area contributed by atoms with E-state index in [1.165, 1.54) is 56.4 Å². The first kappa shape index (κ1) is 14.2. The molecule has 0 bridgehead atoms. The first-order valence-corrected chi connectivity index (χ1v) is 7.84. The van der Waals surface area contributed by atoms with Gasteiger partial charge < -0.3 is 0 Å². The summed E-state index contributed by atoms with van der Waals surface area (Å²) in [7, 11) is 0. The van der Waals surface area contributed by atoms with Crippen molar-refractivity contribution in [3.63, 3.8) is 0 Å². The van der Waals surface area contributed by atoms with E-state index >= 15 is 0 Å². The van der Waals surface area contributed by atoms with E-state index in [9.17, 15) is 9.18 Å². The van der Waals surface area contributed by atoms with Gasteiger partial charge in [-0.25, -0.2) is 9.82 Å². The SMILES string of the molecule is O=C(N/N=C1/CC[C@H]2CCCC[C@H]2C1)c1ccc(F)cc1. The lowest BCUT2D eigenvalue weighted by Crippen LogP contribution is -2.29. The number of benzene rings is 1. The minimum Gasteiger partial charge on any atom is -0.267 e. The van der Waals surface area contributed by atoms with E-state index in [-0.39, 0.29) is 11.7 Å². The standard InChI is InChI=1S/C17H21FN2O/c18-15-8-5-13(6-9-15)17(21)20-19-16-10-7-12-3-1-2-4-14(12)11-16/h5-6,8-9,12,14H,1-4,7,10-11H2,(H,20,21)/b19-16-/t12-,14+/m1/s1. The third kappa shape index (κ3) is 3.49. The third-order valence-electron chi connectivity index (χ3n) is 4.79. The van der Waals surface area contributed by atoms with Crippen molar-refractivity contribution < 1.29 is 9.18 Å². The van der Waals surface area contributed by atoms with Gasteiger partial charge in [-0.05, 0) is 61.8 Å². The molecule has 4 heteroatoms. The normalized spacial score (nSPS) is 27.2. The van der Waals surface area contributed by atoms with E-state index in [0.717, 1.165) is 30.4 Å². The number of halogens is 1. The smallest absolute Gasteiger partial charge is 0.267 e. The van der Waals surface area contributed by atoms with Gasteiger partial charge in [0.05, 0.1) is 0 Å². The fourth-order valence-electron chi connectivity index (χ4n) is 3.59. The number of hydrogen-bond donors (Lipinski definition) is 1. The molecule has 0 aliphatic heterocycles. The summed E-state index contributed by atoms with van der Waals surface area (Å²) in [6, 6.07) is 5.52. The van der Waals surface area contributed by atoms with Crippen LogP contribution >= 0.6 is 0 Å². The lowest BCUT2D eigenvalue weighted by molar-refractivity contribution is 0.0954. The molecular weight excluding hydrogens is 267 g/mol. The Labute approximate surface area is 124 Å². The third-order valence-corrected chi connectivity index (χ3v) is 4.79. The van der Waals surface area contributed by atoms with Crippen LogP contribution in [0.25, 0.3) is 0 Å². The van der Waals surface area contributed by atoms with E-state index < -0.39 is 0 Å². The Kier molecular flexibility index (Phi) is 4.32. The largest absolute Gasteiger partial charge is 0.271 e. The monoisotopic (exact) mass is 288 g/mol. The highest BCUT2D eigenvalue weighted by Gasteiger charge is 2.30. The molecule has 0 radical (unpaired) electrons. The van der Waals surface area contributed by atoms with E-state index in [1.54, 1.807) is 0 Å². The fourth-order valence-corrected chi connectivity index (χ4v) is 3.59. The molecular formula is C17H21FN2O. The Balaban J connectivity index is 1.58. The van der Waals surface area contributed by atoms with Crippen LogP contribution in [0.5, 0.6) is 0 Å². The van der Waals surface area contributed by atoms with E-state index in [1.807, 2.05) is 0 Å². The van der Waals surface area contributed by atoms with E-state index in [2.05, 4.69) is 10.5 Å². The molecule has 1 amide bonds. The second-order valence-corrected chi connectivity index (χ2v) is 6.17. The highest BCUT2D eigenvalue weighted by atomic mass is 19.1. The van der Waals surface area contributed by atoms with Crippen molar-refractivity contribution in [1.29, 1.82) is 0 Å². The molecule has 0 spiro atoms. The van der Waals surface area contributed by atoms with Crippen LogP contribution in [0.15, 0.2) is 29.4 Å². The number of nitrogens with zero attached hydrogens (tertiary/aromatic N) is 1. The minimum absolute atomic E-state index is 0.270. The summed E-state index contributed by atoms with van der Waals surface area (Å²) in [5.74, 6) is 1.02. The van der Waals surface area contributed by atoms with Crippen LogP contribution in [-0.2, 0) is 0 Å². The van der Waals surface area contributed by atoms with Gasteiger partial charge in [0.1, 0.15) is 5.82 Å². The zero-order valence-electron chi connectivity index (χ0n) is 12.1. The van der Waals surface area contributed by atoms with Gasteiger partial charge in [-0.15, -0.1) is 0 Å². The summed E-state index contributed by atoms with van der Waals surface area (Å²) in [5.41, 5.74) is 4.15. The van der Waals surface area contributed by atoms with Gasteiger partial charge in [0, 0.05) is 11.3 Å². The Morgan fingerprint density at radius 1 is 1.10 bits per heavy atom. The minimum atomic E-state index is -0.339. The van der Waals surface area contributed by atoms with Crippen molar-refractivity contribution in [3.05, 3.63) is 35.6 Å². The van der Waals surface area contributed by atoms with Crippen molar-refractivity contribution in [1.82, 2.24) is 5.43 Å². The van der Waals surface area contributed by atoms with Gasteiger partial charge in [0.15, 0.2) is 0 Å². The van der Waals surface area contributed by atoms with Gasteiger partial charge >= 0.3 is 0 Å². The molecule has 0 aromatic heterocycles. The second kappa shape index (κ2) is 6.37. The molecule has 3 rings (SSSR count). The van der Waals surface area contributed by atoms with E-state index in [4.69, 9.17) is 0 Å². The average Bonchev–Trinajstić information content (AvgIpc) is 2.53. The number of hydrogen-bond acceptors (Lipinski definition) is 2. The zero-order chi connectivity index (χ0) is 14.7. The summed E-state index contributed by atoms with van der Waals surface area (Å²) in [5, 5.41) is 4.30. The highest BCUT2D eigenvalue weighted by molar-refractivity contribution is 5.95. The molecule has 2 atom stereocenters. The number of carbonyl (C=O) groups excluding carboxylic acids is 1. The number of carbonyl (C=O) groups is 1. The number of hydrazone groups is 1. The second-order valence-electron chi connectivity index (χ2n) is 6.17. The van der Waals surface area contributed by atoms with Crippen LogP contribution in [-0.4, -0.2) is 11.6 Å². The molecule has 0 saturated heterocycles. The first-order valence-electron chi connectivity index (χ1n) is 7.84. The van der Waals surface area contributed by atoms with Crippen molar-refractivity contribution in [2.24, 2.45) is 16.9 Å². The van der Waals surface area contributed by atoms with Gasteiger partial charge in [-0.3, -0.25) is 4.79 Å². The fraction of sp³-hybridized carbons (Fsp3) is 0.529. The lowest BCUT2D eigenvalue weighted by atomic mass is 9.70. The van der Waals surface area contributed by atoms with Gasteiger partial charge in [-0.1, -0.05) is 19.3 Å². The highest BCUT2D eigenvalue weighted by Crippen LogP contribution is 2.39. The summed E-state index contributed by atoms with van der Waals surface area (Å²) < 4.78 is 12.8. The summed E-state index contributed by atoms with van der Waals surface area (Å²) in [4.78, 5) is 11.9. The molecule has 0 heterocycles. The summed E-state index contributed by atoms with van der Waals surface area (Å²) in [6.07, 6.45) is 8.58. The van der Waals surface area contributed by atoms with Crippen LogP contribution in [0.3, 0.4) is 0 Å². The topological polar surface area (TPSA) is 41.5 Å². The molecule has 1 aromatic rings. The number of fused-ring (bicyclic) bond motifs is 1. The molecule has 21 heavy (non-hydrogen) atoms. The molecule has 3 nitrogen and oxygen atoms in total. The van der Waals surface area contributed by atoms with Crippen LogP contribution in [0.2, 0.25) is 0 Å². The summed E-state index contributed by atoms with van der Waals surface area (Å²) in [6.45, 7) is 0. The Morgan fingerprint density at radius 2 is 1.81 bits per heavy atom. The van der Waals surface area contributed by atoms with Gasteiger partial charge in [0.2, 0.25) is 0 Å². The number of amides is 1. The zero-order valence-corrected chi connectivity index (χ0v) is 12.1. The van der Waals surface area contributed by atoms with Gasteiger partial charge in [-0.2, -0.15) is 5.10 Å². The van der Waals surface area contributed by atoms with Crippen molar-refractivity contribution in [2.45, 2.75) is 44.9 Å². The Bertz CT molecular complexity index is 538. The van der Waals surface area contributed by atoms with E-state index in [0.29, 0.717) is 5.56 Å². The van der Waals surface area contributed by atoms with Crippen molar-refractivity contribution in [2.75, 3.05) is 0 Å². The molecule has 1 N–H and O–H groups in total. The number of rotatable bonds is 2. The summed E-state index contributed by atoms with van der Waals surface area (Å²) >= 11 is 0. The predicted octanol–water partition coefficient (Wildman–Crippen LogP) is 3.90. The van der Waals surface area contributed by atoms with Crippen molar-refractivity contribution in [3.8, 4) is 0 Å². The number of nitrogens with one attached hydrogen (secondary N) is 1. The van der Waals surface area contributed by atoms with Crippen molar-refractivity contribution >= 4 is 11.6 Å². The molecule has 2 fully saturated rings. The maximum atomic E-state index is 12.8. The lowest BCUT2D eigenvalue weighted by Gasteiger charge is -2.35. The maximum absolute atomic E-state index is 12.8. The first-order chi connectivity index (χ1) is 10.2. The molecule has 2 aliphatic rings. The molecule has 0 unspecified atom stereocenters. The molecule has 2 aliphatic carbocycles. The molecule has 112 valence electrons. The van der Waals surface area contributed by atoms with Crippen LogP contribution in [0, 0.1) is 17.7 Å². The Hall–Kier alpha value is -1.71. The average molecular weight is 288 g/mol. The molecule has 2 saturated carbocycles. The maximum Gasteiger partial charge on any atom is 0.271 e. The quantitative estimate of drug-likeness (QED) is 0.824. The Morgan fingerprint density at radius 3 is 2.57 bits per heavy atom. The van der Waals surface area contributed by atoms with Crippen LogP contribution in [0.1, 0.15) is 55.3 Å². The predicted molar refractivity (Wildman–Crippen MR) is 80.6 cm³/mol. The van der Waals surface area contributed by atoms with Crippen LogP contribution < -0.4 is 5.43 Å². The van der Waals surface area contributed by atoms with Gasteiger partial charge in [0.25, 0.3) is 5.91 Å². The molecule has 1 aromatic carbocycles. The van der Waals surface area contributed by atoms with Crippen LogP contribution in [0.4, 0.5) is 4.39 Å².